The summed E-state index contributed by atoms with van der Waals surface area (Å²) in [4.78, 5) is 2.29. The van der Waals surface area contributed by atoms with Gasteiger partial charge in [0.05, 0.1) is 5.69 Å². The number of hydrogen-bond donors (Lipinski definition) is 0. The lowest BCUT2D eigenvalue weighted by atomic mass is 10.1. The topological polar surface area (TPSA) is 29.0 Å². The maximum absolute atomic E-state index is 4.39. The predicted molar refractivity (Wildman–Crippen MR) is 80.6 cm³/mol. The van der Waals surface area contributed by atoms with Crippen LogP contribution in [0.4, 0.5) is 5.82 Å². The van der Waals surface area contributed by atoms with Gasteiger partial charge in [-0.25, -0.2) is 0 Å². The molecule has 0 fully saturated rings. The minimum Gasteiger partial charge on any atom is -0.355 e. The van der Waals surface area contributed by atoms with Crippen molar-refractivity contribution in [1.29, 1.82) is 0 Å². The first-order valence-electron chi connectivity index (χ1n) is 6.30. The zero-order chi connectivity index (χ0) is 13.0. The molecule has 0 amide bonds. The molecule has 1 aromatic heterocycles. The van der Waals surface area contributed by atoms with Crippen LogP contribution in [0, 0.1) is 6.92 Å². The summed E-state index contributed by atoms with van der Waals surface area (Å²) in [6, 6.07) is 8.35. The summed E-state index contributed by atoms with van der Waals surface area (Å²) in [5, 5.41) is 12.1. The van der Waals surface area contributed by atoms with Crippen molar-refractivity contribution >= 4 is 32.5 Å². The Morgan fingerprint density at radius 2 is 1.89 bits per heavy atom. The number of aryl methyl sites for hydroxylation is 1. The molecule has 0 unspecified atom stereocenters. The summed E-state index contributed by atoms with van der Waals surface area (Å²) >= 11 is 3.48. The highest BCUT2D eigenvalue weighted by Gasteiger charge is 2.11. The van der Waals surface area contributed by atoms with Crippen LogP contribution < -0.4 is 4.90 Å². The van der Waals surface area contributed by atoms with E-state index in [0.29, 0.717) is 0 Å². The van der Waals surface area contributed by atoms with Crippen LogP contribution >= 0.6 is 15.9 Å². The van der Waals surface area contributed by atoms with Crippen LogP contribution in [0.5, 0.6) is 0 Å². The Hall–Kier alpha value is -1.16. The number of benzene rings is 1. The summed E-state index contributed by atoms with van der Waals surface area (Å²) < 4.78 is 0. The molecule has 2 aromatic rings. The third-order valence-electron chi connectivity index (χ3n) is 3.10. The van der Waals surface area contributed by atoms with E-state index in [-0.39, 0.29) is 0 Å². The number of fused-ring (bicyclic) bond motifs is 1. The highest BCUT2D eigenvalue weighted by Crippen LogP contribution is 2.25. The third-order valence-corrected chi connectivity index (χ3v) is 3.66. The predicted octanol–water partition coefficient (Wildman–Crippen LogP) is 3.55. The van der Waals surface area contributed by atoms with Gasteiger partial charge in [0.25, 0.3) is 0 Å². The normalized spacial score (nSPS) is 10.8. The molecule has 1 aromatic carbocycles. The van der Waals surface area contributed by atoms with E-state index in [2.05, 4.69) is 62.2 Å². The van der Waals surface area contributed by atoms with E-state index in [4.69, 9.17) is 0 Å². The van der Waals surface area contributed by atoms with E-state index in [9.17, 15) is 0 Å². The molecule has 3 nitrogen and oxygen atoms in total. The maximum Gasteiger partial charge on any atom is 0.159 e. The molecule has 0 spiro atoms. The van der Waals surface area contributed by atoms with Crippen LogP contribution in [-0.4, -0.2) is 28.6 Å². The van der Waals surface area contributed by atoms with Crippen molar-refractivity contribution in [3.05, 3.63) is 30.0 Å². The number of alkyl halides is 1. The standard InChI is InChI=1S/C14H18BrN3/c1-3-18(10-6-9-15)14-13-8-5-4-7-12(13)11(2)16-17-14/h4-5,7-8H,3,6,9-10H2,1-2H3. The molecule has 0 bridgehead atoms. The fourth-order valence-electron chi connectivity index (χ4n) is 2.12. The van der Waals surface area contributed by atoms with Crippen LogP contribution in [-0.2, 0) is 0 Å². The molecule has 0 atom stereocenters. The van der Waals surface area contributed by atoms with Crippen molar-refractivity contribution in [2.45, 2.75) is 20.3 Å². The van der Waals surface area contributed by atoms with Crippen LogP contribution in [0.2, 0.25) is 0 Å². The van der Waals surface area contributed by atoms with Crippen molar-refractivity contribution in [2.75, 3.05) is 23.3 Å². The third kappa shape index (κ3) is 2.64. The fourth-order valence-corrected chi connectivity index (χ4v) is 2.37. The van der Waals surface area contributed by atoms with Crippen LogP contribution in [0.3, 0.4) is 0 Å². The van der Waals surface area contributed by atoms with Crippen molar-refractivity contribution in [3.8, 4) is 0 Å². The van der Waals surface area contributed by atoms with E-state index >= 15 is 0 Å². The van der Waals surface area contributed by atoms with Crippen LogP contribution in [0.25, 0.3) is 10.8 Å². The number of rotatable bonds is 5. The largest absolute Gasteiger partial charge is 0.355 e. The highest BCUT2D eigenvalue weighted by molar-refractivity contribution is 9.09. The Morgan fingerprint density at radius 1 is 1.17 bits per heavy atom. The Kier molecular flexibility index (Phi) is 4.53. The minimum atomic E-state index is 0.953. The van der Waals surface area contributed by atoms with E-state index < -0.39 is 0 Å². The van der Waals surface area contributed by atoms with E-state index in [1.54, 1.807) is 0 Å². The zero-order valence-electron chi connectivity index (χ0n) is 10.9. The number of halogens is 1. The average Bonchev–Trinajstić information content (AvgIpc) is 2.42. The number of aromatic nitrogens is 2. The first kappa shape index (κ1) is 13.3. The van der Waals surface area contributed by atoms with Crippen LogP contribution in [0.15, 0.2) is 24.3 Å². The van der Waals surface area contributed by atoms with Crippen molar-refractivity contribution in [2.24, 2.45) is 0 Å². The summed E-state index contributed by atoms with van der Waals surface area (Å²) in [5.74, 6) is 1.000. The highest BCUT2D eigenvalue weighted by atomic mass is 79.9. The second-order valence-corrected chi connectivity index (χ2v) is 5.07. The van der Waals surface area contributed by atoms with E-state index in [1.165, 1.54) is 10.8 Å². The Labute approximate surface area is 116 Å². The monoisotopic (exact) mass is 307 g/mol. The lowest BCUT2D eigenvalue weighted by Gasteiger charge is -2.22. The second-order valence-electron chi connectivity index (χ2n) is 4.28. The van der Waals surface area contributed by atoms with Gasteiger partial charge in [0, 0.05) is 29.2 Å². The number of nitrogens with zero attached hydrogens (tertiary/aromatic N) is 3. The average molecular weight is 308 g/mol. The summed E-state index contributed by atoms with van der Waals surface area (Å²) in [6.45, 7) is 6.12. The minimum absolute atomic E-state index is 0.953. The Morgan fingerprint density at radius 3 is 2.56 bits per heavy atom. The fraction of sp³-hybridized carbons (Fsp3) is 0.429. The molecule has 0 saturated carbocycles. The van der Waals surface area contributed by atoms with Gasteiger partial charge in [-0.3, -0.25) is 0 Å². The van der Waals surface area contributed by atoms with Crippen molar-refractivity contribution in [3.63, 3.8) is 0 Å². The van der Waals surface area contributed by atoms with Gasteiger partial charge in [0.1, 0.15) is 0 Å². The SMILES string of the molecule is CCN(CCCBr)c1nnc(C)c2ccccc12. The quantitative estimate of drug-likeness (QED) is 0.791. The summed E-state index contributed by atoms with van der Waals surface area (Å²) in [6.07, 6.45) is 1.11. The zero-order valence-corrected chi connectivity index (χ0v) is 12.4. The molecule has 1 heterocycles. The summed E-state index contributed by atoms with van der Waals surface area (Å²) in [7, 11) is 0. The lowest BCUT2D eigenvalue weighted by Crippen LogP contribution is -2.25. The van der Waals surface area contributed by atoms with Gasteiger partial charge in [-0.2, -0.15) is 5.10 Å². The molecular weight excluding hydrogens is 290 g/mol. The Bertz CT molecular complexity index is 527. The molecule has 0 aliphatic heterocycles. The van der Waals surface area contributed by atoms with Gasteiger partial charge >= 0.3 is 0 Å². The molecule has 0 saturated heterocycles. The van der Waals surface area contributed by atoms with Crippen LogP contribution in [0.1, 0.15) is 19.0 Å². The first-order valence-corrected chi connectivity index (χ1v) is 7.43. The van der Waals surface area contributed by atoms with Gasteiger partial charge in [0.2, 0.25) is 0 Å². The molecule has 18 heavy (non-hydrogen) atoms. The van der Waals surface area contributed by atoms with Gasteiger partial charge in [-0.1, -0.05) is 40.2 Å². The maximum atomic E-state index is 4.39. The molecule has 2 rings (SSSR count). The second kappa shape index (κ2) is 6.14. The molecular formula is C14H18BrN3. The molecule has 0 N–H and O–H groups in total. The molecule has 4 heteroatoms. The molecule has 0 radical (unpaired) electrons. The van der Waals surface area contributed by atoms with Crippen molar-refractivity contribution < 1.29 is 0 Å². The number of hydrogen-bond acceptors (Lipinski definition) is 3. The van der Waals surface area contributed by atoms with Gasteiger partial charge in [0.15, 0.2) is 5.82 Å². The molecule has 0 aliphatic carbocycles. The van der Waals surface area contributed by atoms with Crippen molar-refractivity contribution in [1.82, 2.24) is 10.2 Å². The Balaban J connectivity index is 2.46. The van der Waals surface area contributed by atoms with E-state index in [1.807, 2.05) is 6.92 Å². The van der Waals surface area contributed by atoms with E-state index in [0.717, 1.165) is 36.4 Å². The molecule has 0 aliphatic rings. The first-order chi connectivity index (χ1) is 8.77. The van der Waals surface area contributed by atoms with Gasteiger partial charge in [-0.15, -0.1) is 5.10 Å². The summed E-state index contributed by atoms with van der Waals surface area (Å²) in [5.41, 5.74) is 0.992. The van der Waals surface area contributed by atoms with Gasteiger partial charge < -0.3 is 4.90 Å². The lowest BCUT2D eigenvalue weighted by molar-refractivity contribution is 0.776. The van der Waals surface area contributed by atoms with Gasteiger partial charge in [-0.05, 0) is 20.3 Å². The molecule has 96 valence electrons. The smallest absolute Gasteiger partial charge is 0.159 e. The number of anilines is 1.